The number of aryl methyl sites for hydroxylation is 1. The zero-order valence-corrected chi connectivity index (χ0v) is 22.4. The van der Waals surface area contributed by atoms with Gasteiger partial charge in [-0.25, -0.2) is 0 Å². The molecule has 0 bridgehead atoms. The molecule has 2 fully saturated rings. The predicted octanol–water partition coefficient (Wildman–Crippen LogP) is 4.97. The molecule has 2 saturated heterocycles. The summed E-state index contributed by atoms with van der Waals surface area (Å²) in [5.74, 6) is 0.344. The number of nitrogens with zero attached hydrogens (tertiary/aromatic N) is 2. The van der Waals surface area contributed by atoms with Crippen LogP contribution in [-0.4, -0.2) is 55.3 Å². The van der Waals surface area contributed by atoms with Gasteiger partial charge in [0.05, 0.1) is 17.6 Å². The minimum absolute atomic E-state index is 0.191. The molecule has 8 nitrogen and oxygen atoms in total. The average Bonchev–Trinajstić information content (AvgIpc) is 3.64. The summed E-state index contributed by atoms with van der Waals surface area (Å²) in [6.45, 7) is 5.80. The Labute approximate surface area is 229 Å². The number of furan rings is 1. The molecule has 3 heterocycles. The van der Waals surface area contributed by atoms with Crippen LogP contribution in [-0.2, 0) is 4.79 Å². The van der Waals surface area contributed by atoms with Gasteiger partial charge in [0.1, 0.15) is 0 Å². The number of hydrogen-bond acceptors (Lipinski definition) is 5. The molecule has 2 N–H and O–H groups in total. The minimum atomic E-state index is -0.358. The maximum Gasteiger partial charge on any atom is 0.291 e. The Morgan fingerprint density at radius 2 is 1.82 bits per heavy atom. The van der Waals surface area contributed by atoms with Gasteiger partial charge >= 0.3 is 0 Å². The lowest BCUT2D eigenvalue weighted by Crippen LogP contribution is -2.34. The topological polar surface area (TPSA) is 94.9 Å². The van der Waals surface area contributed by atoms with Crippen molar-refractivity contribution in [2.45, 2.75) is 44.9 Å². The maximum absolute atomic E-state index is 13.0. The summed E-state index contributed by atoms with van der Waals surface area (Å²) in [6.07, 6.45) is 5.72. The van der Waals surface area contributed by atoms with E-state index in [4.69, 9.17) is 4.42 Å². The van der Waals surface area contributed by atoms with Gasteiger partial charge in [0.15, 0.2) is 5.76 Å². The molecule has 39 heavy (non-hydrogen) atoms. The molecular formula is C31H36N4O4. The molecule has 0 aliphatic carbocycles. The number of likely N-dealkylation sites (tertiary alicyclic amines) is 1. The maximum atomic E-state index is 13.0. The van der Waals surface area contributed by atoms with Gasteiger partial charge in [-0.1, -0.05) is 24.3 Å². The van der Waals surface area contributed by atoms with Crippen LogP contribution in [0.4, 0.5) is 11.4 Å². The van der Waals surface area contributed by atoms with E-state index in [9.17, 15) is 14.4 Å². The van der Waals surface area contributed by atoms with Gasteiger partial charge < -0.3 is 24.9 Å². The van der Waals surface area contributed by atoms with Crippen molar-refractivity contribution in [3.63, 3.8) is 0 Å². The molecule has 204 valence electrons. The number of benzene rings is 2. The third kappa shape index (κ3) is 6.33. The van der Waals surface area contributed by atoms with E-state index >= 15 is 0 Å². The third-order valence-electron chi connectivity index (χ3n) is 7.78. The summed E-state index contributed by atoms with van der Waals surface area (Å²) >= 11 is 0. The van der Waals surface area contributed by atoms with Crippen molar-refractivity contribution in [2.24, 2.45) is 0 Å². The van der Waals surface area contributed by atoms with Gasteiger partial charge in [-0.05, 0) is 80.0 Å². The third-order valence-corrected chi connectivity index (χ3v) is 7.78. The SMILES string of the molecule is Cc1ccccc1C1CCN(c2ccc(C(=O)NCCCN3CCCC3=O)cc2NC(=O)c2ccco2)CC1. The fourth-order valence-corrected chi connectivity index (χ4v) is 5.64. The monoisotopic (exact) mass is 528 g/mol. The van der Waals surface area contributed by atoms with Crippen molar-refractivity contribution in [3.05, 3.63) is 83.3 Å². The Balaban J connectivity index is 1.27. The Hall–Kier alpha value is -4.07. The number of rotatable bonds is 9. The first kappa shape index (κ1) is 26.5. The molecule has 3 amide bonds. The first-order valence-corrected chi connectivity index (χ1v) is 13.8. The van der Waals surface area contributed by atoms with E-state index in [1.807, 2.05) is 17.0 Å². The van der Waals surface area contributed by atoms with Gasteiger partial charge in [-0.3, -0.25) is 14.4 Å². The predicted molar refractivity (Wildman–Crippen MR) is 151 cm³/mol. The average molecular weight is 529 g/mol. The highest BCUT2D eigenvalue weighted by Crippen LogP contribution is 2.35. The van der Waals surface area contributed by atoms with Crippen molar-refractivity contribution in [1.82, 2.24) is 10.2 Å². The van der Waals surface area contributed by atoms with Crippen LogP contribution in [0.1, 0.15) is 70.1 Å². The first-order chi connectivity index (χ1) is 19.0. The van der Waals surface area contributed by atoms with Gasteiger partial charge in [-0.2, -0.15) is 0 Å². The molecule has 3 aromatic rings. The van der Waals surface area contributed by atoms with Crippen molar-refractivity contribution in [2.75, 3.05) is 42.9 Å². The van der Waals surface area contributed by atoms with Gasteiger partial charge in [0, 0.05) is 44.7 Å². The van der Waals surface area contributed by atoms with E-state index in [1.54, 1.807) is 18.2 Å². The standard InChI is InChI=1S/C31H36N4O4/c1-22-7-2-3-8-25(22)23-13-18-34(19-14-23)27-12-11-24(21-26(27)33-31(38)28-9-5-20-39-28)30(37)32-15-6-17-35-16-4-10-29(35)36/h2-3,5,7-9,11-12,20-21,23H,4,6,10,13-19H2,1H3,(H,32,37)(H,33,38). The molecule has 2 aromatic carbocycles. The summed E-state index contributed by atoms with van der Waals surface area (Å²) < 4.78 is 5.29. The second-order valence-corrected chi connectivity index (χ2v) is 10.4. The summed E-state index contributed by atoms with van der Waals surface area (Å²) in [5, 5.41) is 5.92. The number of piperidine rings is 1. The van der Waals surface area contributed by atoms with Crippen LogP contribution in [0.15, 0.2) is 65.3 Å². The van der Waals surface area contributed by atoms with Crippen LogP contribution in [0.25, 0.3) is 0 Å². The number of amides is 3. The van der Waals surface area contributed by atoms with Crippen molar-refractivity contribution in [3.8, 4) is 0 Å². The molecule has 5 rings (SSSR count). The van der Waals surface area contributed by atoms with Crippen LogP contribution in [0, 0.1) is 6.92 Å². The molecule has 0 unspecified atom stereocenters. The van der Waals surface area contributed by atoms with Gasteiger partial charge in [-0.15, -0.1) is 0 Å². The molecule has 8 heteroatoms. The fraction of sp³-hybridized carbons (Fsp3) is 0.387. The van der Waals surface area contributed by atoms with E-state index in [-0.39, 0.29) is 23.5 Å². The highest BCUT2D eigenvalue weighted by Gasteiger charge is 2.25. The molecule has 0 atom stereocenters. The van der Waals surface area contributed by atoms with E-state index in [1.165, 1.54) is 17.4 Å². The molecule has 0 spiro atoms. The molecule has 2 aliphatic rings. The zero-order valence-electron chi connectivity index (χ0n) is 22.4. The fourth-order valence-electron chi connectivity index (χ4n) is 5.64. The highest BCUT2D eigenvalue weighted by atomic mass is 16.3. The lowest BCUT2D eigenvalue weighted by atomic mass is 9.86. The summed E-state index contributed by atoms with van der Waals surface area (Å²) in [5.41, 5.74) is 4.68. The number of anilines is 2. The summed E-state index contributed by atoms with van der Waals surface area (Å²) in [7, 11) is 0. The second-order valence-electron chi connectivity index (χ2n) is 10.4. The lowest BCUT2D eigenvalue weighted by molar-refractivity contribution is -0.127. The number of carbonyl (C=O) groups excluding carboxylic acids is 3. The van der Waals surface area contributed by atoms with Crippen LogP contribution in [0.3, 0.4) is 0 Å². The summed E-state index contributed by atoms with van der Waals surface area (Å²) in [4.78, 5) is 41.8. The Morgan fingerprint density at radius 3 is 2.54 bits per heavy atom. The Morgan fingerprint density at radius 1 is 1.00 bits per heavy atom. The van der Waals surface area contributed by atoms with Crippen molar-refractivity contribution < 1.29 is 18.8 Å². The first-order valence-electron chi connectivity index (χ1n) is 13.8. The number of hydrogen-bond donors (Lipinski definition) is 2. The van der Waals surface area contributed by atoms with E-state index in [0.717, 1.165) is 44.6 Å². The number of carbonyl (C=O) groups is 3. The van der Waals surface area contributed by atoms with E-state index in [2.05, 4.69) is 46.7 Å². The minimum Gasteiger partial charge on any atom is -0.459 e. The largest absolute Gasteiger partial charge is 0.459 e. The van der Waals surface area contributed by atoms with Crippen molar-refractivity contribution in [1.29, 1.82) is 0 Å². The summed E-state index contributed by atoms with van der Waals surface area (Å²) in [6, 6.07) is 17.3. The quantitative estimate of drug-likeness (QED) is 0.383. The molecule has 0 radical (unpaired) electrons. The lowest BCUT2D eigenvalue weighted by Gasteiger charge is -2.35. The Bertz CT molecular complexity index is 1310. The zero-order chi connectivity index (χ0) is 27.2. The molecule has 0 saturated carbocycles. The van der Waals surface area contributed by atoms with Crippen molar-refractivity contribution >= 4 is 29.1 Å². The molecule has 2 aliphatic heterocycles. The normalized spacial score (nSPS) is 16.0. The number of nitrogens with one attached hydrogen (secondary N) is 2. The second kappa shape index (κ2) is 12.2. The van der Waals surface area contributed by atoms with Gasteiger partial charge in [0.25, 0.3) is 11.8 Å². The highest BCUT2D eigenvalue weighted by molar-refractivity contribution is 6.05. The molecular weight excluding hydrogens is 492 g/mol. The van der Waals surface area contributed by atoms with Crippen LogP contribution >= 0.6 is 0 Å². The van der Waals surface area contributed by atoms with Crippen LogP contribution < -0.4 is 15.5 Å². The van der Waals surface area contributed by atoms with E-state index < -0.39 is 0 Å². The van der Waals surface area contributed by atoms with Crippen LogP contribution in [0.5, 0.6) is 0 Å². The van der Waals surface area contributed by atoms with Crippen LogP contribution in [0.2, 0.25) is 0 Å². The molecule has 1 aromatic heterocycles. The van der Waals surface area contributed by atoms with E-state index in [0.29, 0.717) is 43.1 Å². The Kier molecular flexibility index (Phi) is 8.30. The van der Waals surface area contributed by atoms with Gasteiger partial charge in [0.2, 0.25) is 5.91 Å². The smallest absolute Gasteiger partial charge is 0.291 e.